The Morgan fingerprint density at radius 2 is 1.69 bits per heavy atom. The van der Waals surface area contributed by atoms with Crippen LogP contribution in [0.3, 0.4) is 0 Å². The molecule has 6 aromatic rings. The first-order chi connectivity index (χ1) is 22.9. The highest BCUT2D eigenvalue weighted by atomic mass is 32.2. The molecule has 2 aromatic carbocycles. The van der Waals surface area contributed by atoms with Crippen LogP contribution in [-0.4, -0.2) is 35.3 Å². The third-order valence-corrected chi connectivity index (χ3v) is 9.22. The fourth-order valence-electron chi connectivity index (χ4n) is 5.58. The second kappa shape index (κ2) is 13.1. The zero-order chi connectivity index (χ0) is 34.1. The predicted octanol–water partition coefficient (Wildman–Crippen LogP) is 8.69. The second-order valence-electron chi connectivity index (χ2n) is 13.5. The molecule has 0 aliphatic heterocycles. The Labute approximate surface area is 284 Å². The van der Waals surface area contributed by atoms with Crippen molar-refractivity contribution in [2.75, 3.05) is 0 Å². The minimum absolute atomic E-state index is 0.110. The Kier molecular flexibility index (Phi) is 8.95. The molecule has 0 spiro atoms. The van der Waals surface area contributed by atoms with Gasteiger partial charge in [-0.25, -0.2) is 15.0 Å². The number of aromatic nitrogens is 4. The van der Waals surface area contributed by atoms with E-state index in [1.165, 1.54) is 0 Å². The van der Waals surface area contributed by atoms with Crippen LogP contribution in [0.4, 0.5) is 0 Å². The number of thioether (sulfide) groups is 1. The number of hydrogen-bond acceptors (Lipinski definition) is 7. The molecule has 9 heteroatoms. The summed E-state index contributed by atoms with van der Waals surface area (Å²) in [5.74, 6) is -0.322. The van der Waals surface area contributed by atoms with Crippen LogP contribution < -0.4 is 4.74 Å². The van der Waals surface area contributed by atoms with Crippen molar-refractivity contribution in [1.29, 1.82) is 5.26 Å². The van der Waals surface area contributed by atoms with Gasteiger partial charge in [0.2, 0.25) is 0 Å². The fourth-order valence-corrected chi connectivity index (χ4v) is 6.74. The number of hydrogen-bond donors (Lipinski definition) is 1. The van der Waals surface area contributed by atoms with Crippen molar-refractivity contribution in [3.05, 3.63) is 114 Å². The van der Waals surface area contributed by atoms with E-state index in [1.54, 1.807) is 44.1 Å². The summed E-state index contributed by atoms with van der Waals surface area (Å²) in [5, 5.41) is 21.2. The number of nitrogens with zero attached hydrogens (tertiary/aromatic N) is 5. The Morgan fingerprint density at radius 1 is 0.938 bits per heavy atom. The third kappa shape index (κ3) is 7.19. The lowest BCUT2D eigenvalue weighted by Gasteiger charge is -2.23. The second-order valence-corrected chi connectivity index (χ2v) is 15.4. The highest BCUT2D eigenvalue weighted by Crippen LogP contribution is 2.43. The number of rotatable bonds is 10. The van der Waals surface area contributed by atoms with Crippen molar-refractivity contribution in [2.24, 2.45) is 5.41 Å². The molecule has 0 radical (unpaired) electrons. The van der Waals surface area contributed by atoms with Gasteiger partial charge < -0.3 is 14.4 Å². The van der Waals surface area contributed by atoms with Crippen molar-refractivity contribution >= 4 is 39.7 Å². The van der Waals surface area contributed by atoms with Crippen LogP contribution in [0.5, 0.6) is 5.75 Å². The Balaban J connectivity index is 1.39. The first kappa shape index (κ1) is 32.7. The summed E-state index contributed by atoms with van der Waals surface area (Å²) < 4.78 is 8.45. The van der Waals surface area contributed by atoms with Crippen molar-refractivity contribution in [1.82, 2.24) is 19.5 Å². The first-order valence-electron chi connectivity index (χ1n) is 15.8. The SMILES string of the molecule is CC(C)(C)Sc1cn(Cc2ccc(-c3ccc(C#N)nc3)cc2)c2ncc(OCc3ccc4ccccc4n3)c(CC(C)(C)C(=O)O)c12. The molecule has 0 aliphatic rings. The van der Waals surface area contributed by atoms with Crippen LogP contribution in [-0.2, 0) is 24.4 Å². The highest BCUT2D eigenvalue weighted by molar-refractivity contribution is 8.00. The number of fused-ring (bicyclic) bond motifs is 2. The Morgan fingerprint density at radius 3 is 2.38 bits per heavy atom. The Hall–Kier alpha value is -5.20. The minimum atomic E-state index is -1.05. The van der Waals surface area contributed by atoms with E-state index in [0.29, 0.717) is 18.0 Å². The van der Waals surface area contributed by atoms with Crippen molar-refractivity contribution in [2.45, 2.75) is 63.8 Å². The lowest BCUT2D eigenvalue weighted by molar-refractivity contribution is -0.146. The van der Waals surface area contributed by atoms with E-state index in [1.807, 2.05) is 42.5 Å². The van der Waals surface area contributed by atoms with Gasteiger partial charge in [-0.1, -0.05) is 69.3 Å². The molecule has 0 bridgehead atoms. The van der Waals surface area contributed by atoms with Gasteiger partial charge in [0, 0.05) is 50.5 Å². The summed E-state index contributed by atoms with van der Waals surface area (Å²) in [4.78, 5) is 27.3. The molecule has 0 atom stereocenters. The summed E-state index contributed by atoms with van der Waals surface area (Å²) in [7, 11) is 0. The van der Waals surface area contributed by atoms with Crippen LogP contribution in [0.1, 0.15) is 57.1 Å². The summed E-state index contributed by atoms with van der Waals surface area (Å²) in [6.07, 6.45) is 5.82. The van der Waals surface area contributed by atoms with E-state index in [9.17, 15) is 9.90 Å². The van der Waals surface area contributed by atoms with E-state index >= 15 is 0 Å². The van der Waals surface area contributed by atoms with Crippen LogP contribution in [0.15, 0.2) is 96.3 Å². The molecule has 6 rings (SSSR count). The van der Waals surface area contributed by atoms with Crippen LogP contribution in [0, 0.1) is 16.7 Å². The molecule has 0 aliphatic carbocycles. The Bertz CT molecular complexity index is 2160. The number of carboxylic acids is 1. The third-order valence-electron chi connectivity index (χ3n) is 8.08. The van der Waals surface area contributed by atoms with Gasteiger partial charge in [-0.15, -0.1) is 11.8 Å². The molecule has 4 aromatic heterocycles. The van der Waals surface area contributed by atoms with Crippen LogP contribution in [0.2, 0.25) is 0 Å². The number of carbonyl (C=O) groups is 1. The van der Waals surface area contributed by atoms with Crippen LogP contribution >= 0.6 is 11.8 Å². The smallest absolute Gasteiger partial charge is 0.309 e. The number of para-hydroxylation sites is 1. The summed E-state index contributed by atoms with van der Waals surface area (Å²) in [5.41, 5.74) is 5.64. The molecular formula is C39H37N5O3S. The molecule has 8 nitrogen and oxygen atoms in total. The van der Waals surface area contributed by atoms with Crippen molar-refractivity contribution in [3.63, 3.8) is 0 Å². The standard InChI is InChI=1S/C39H37N5O3S/c1-38(2,3)48-34-23-44(22-25-10-12-26(13-11-25)28-15-16-29(19-40)41-20-28)36-35(34)31(18-39(4,5)37(45)46)33(21-42-36)47-24-30-17-14-27-8-6-7-9-32(27)43-30/h6-17,20-21,23H,18,22,24H2,1-5H3,(H,45,46). The van der Waals surface area contributed by atoms with E-state index in [0.717, 1.165) is 54.8 Å². The van der Waals surface area contributed by atoms with Crippen LogP contribution in [0.25, 0.3) is 33.1 Å². The quantitative estimate of drug-likeness (QED) is 0.146. The first-order valence-corrected chi connectivity index (χ1v) is 16.6. The van der Waals surface area contributed by atoms with E-state index in [4.69, 9.17) is 20.0 Å². The zero-order valence-corrected chi connectivity index (χ0v) is 28.5. The van der Waals surface area contributed by atoms with Gasteiger partial charge in [0.25, 0.3) is 0 Å². The number of carboxylic acid groups (broad SMARTS) is 1. The number of ether oxygens (including phenoxy) is 1. The van der Waals surface area contributed by atoms with E-state index in [2.05, 4.69) is 66.9 Å². The number of aliphatic carboxylic acids is 1. The molecule has 0 unspecified atom stereocenters. The van der Waals surface area contributed by atoms with Crippen molar-refractivity contribution in [3.8, 4) is 22.9 Å². The molecule has 242 valence electrons. The van der Waals surface area contributed by atoms with Gasteiger partial charge in [0.1, 0.15) is 29.8 Å². The molecule has 1 N–H and O–H groups in total. The average Bonchev–Trinajstić information content (AvgIpc) is 3.39. The predicted molar refractivity (Wildman–Crippen MR) is 190 cm³/mol. The molecule has 0 fully saturated rings. The maximum Gasteiger partial charge on any atom is 0.309 e. The maximum atomic E-state index is 12.4. The fraction of sp³-hybridized carbons (Fsp3) is 0.256. The molecule has 48 heavy (non-hydrogen) atoms. The molecular weight excluding hydrogens is 619 g/mol. The van der Waals surface area contributed by atoms with Gasteiger partial charge in [-0.2, -0.15) is 5.26 Å². The van der Waals surface area contributed by atoms with Gasteiger partial charge in [0.15, 0.2) is 0 Å². The topological polar surface area (TPSA) is 114 Å². The van der Waals surface area contributed by atoms with Crippen molar-refractivity contribution < 1.29 is 14.6 Å². The van der Waals surface area contributed by atoms with E-state index < -0.39 is 11.4 Å². The summed E-state index contributed by atoms with van der Waals surface area (Å²) >= 11 is 1.73. The molecule has 0 saturated carbocycles. The normalized spacial score (nSPS) is 11.9. The lowest BCUT2D eigenvalue weighted by Crippen LogP contribution is -2.26. The molecule has 4 heterocycles. The summed E-state index contributed by atoms with van der Waals surface area (Å²) in [6, 6.07) is 25.9. The monoisotopic (exact) mass is 655 g/mol. The summed E-state index contributed by atoms with van der Waals surface area (Å²) in [6.45, 7) is 10.8. The molecule has 0 amide bonds. The average molecular weight is 656 g/mol. The minimum Gasteiger partial charge on any atom is -0.485 e. The highest BCUT2D eigenvalue weighted by Gasteiger charge is 2.32. The number of pyridine rings is 3. The number of benzene rings is 2. The lowest BCUT2D eigenvalue weighted by atomic mass is 9.85. The largest absolute Gasteiger partial charge is 0.485 e. The molecule has 0 saturated heterocycles. The van der Waals surface area contributed by atoms with Gasteiger partial charge >= 0.3 is 5.97 Å². The van der Waals surface area contributed by atoms with Gasteiger partial charge in [-0.05, 0) is 55.7 Å². The van der Waals surface area contributed by atoms with Gasteiger partial charge in [0.05, 0.1) is 22.8 Å². The van der Waals surface area contributed by atoms with E-state index in [-0.39, 0.29) is 17.8 Å². The van der Waals surface area contributed by atoms with Gasteiger partial charge in [-0.3, -0.25) is 4.79 Å². The zero-order valence-electron chi connectivity index (χ0n) is 27.7. The number of nitriles is 1. The maximum absolute atomic E-state index is 12.4.